The van der Waals surface area contributed by atoms with Gasteiger partial charge in [-0.05, 0) is 31.7 Å². The monoisotopic (exact) mass is 375 g/mol. The molecule has 0 aromatic heterocycles. The fraction of sp³-hybridized carbons (Fsp3) is 0.619. The number of hydrogen-bond donors (Lipinski definition) is 2. The Morgan fingerprint density at radius 2 is 2.07 bits per heavy atom. The highest BCUT2D eigenvalue weighted by molar-refractivity contribution is 5.74. The SMILES string of the molecule is CC(=O)N[C@]1(C)C[C@H](c2ccccc2OCC(=O)O)O[C@@H]2C[C@H](C)CC[C@H]21. The summed E-state index contributed by atoms with van der Waals surface area (Å²) in [5.74, 6) is 0.341. The minimum atomic E-state index is -1.02. The molecule has 5 atom stereocenters. The molecule has 1 saturated carbocycles. The summed E-state index contributed by atoms with van der Waals surface area (Å²) < 4.78 is 12.0. The Hall–Kier alpha value is -2.08. The molecule has 2 N–H and O–H groups in total. The Labute approximate surface area is 160 Å². The van der Waals surface area contributed by atoms with Crippen LogP contribution in [0.1, 0.15) is 58.1 Å². The van der Waals surface area contributed by atoms with Gasteiger partial charge in [0.05, 0.1) is 12.2 Å². The third-order valence-electron chi connectivity index (χ3n) is 5.90. The number of fused-ring (bicyclic) bond motifs is 1. The minimum Gasteiger partial charge on any atom is -0.482 e. The number of nitrogens with one attached hydrogen (secondary N) is 1. The zero-order chi connectivity index (χ0) is 19.6. The number of carbonyl (C=O) groups excluding carboxylic acids is 1. The first-order valence-corrected chi connectivity index (χ1v) is 9.66. The summed E-state index contributed by atoms with van der Waals surface area (Å²) in [7, 11) is 0. The van der Waals surface area contributed by atoms with Crippen LogP contribution in [-0.4, -0.2) is 35.2 Å². The molecule has 148 valence electrons. The molecular weight excluding hydrogens is 346 g/mol. The molecule has 1 amide bonds. The van der Waals surface area contributed by atoms with E-state index in [-0.39, 0.29) is 29.6 Å². The van der Waals surface area contributed by atoms with E-state index in [9.17, 15) is 9.59 Å². The maximum absolute atomic E-state index is 11.9. The standard InChI is InChI=1S/C21H29NO5/c1-13-8-9-16-18(10-13)27-19(11-21(16,3)22-14(2)23)15-6-4-5-7-17(15)26-12-20(24)25/h4-7,13,16,18-19H,8-12H2,1-3H3,(H,22,23)(H,24,25)/t13-,16-,18-,19-,21-/m1/s1. The molecule has 1 heterocycles. The predicted octanol–water partition coefficient (Wildman–Crippen LogP) is 3.31. The number of carbonyl (C=O) groups is 2. The van der Waals surface area contributed by atoms with Crippen LogP contribution in [0, 0.1) is 11.8 Å². The molecule has 1 aromatic rings. The van der Waals surface area contributed by atoms with Gasteiger partial charge in [-0.25, -0.2) is 4.79 Å². The van der Waals surface area contributed by atoms with Crippen molar-refractivity contribution in [2.45, 2.75) is 64.2 Å². The van der Waals surface area contributed by atoms with Crippen molar-refractivity contribution in [3.8, 4) is 5.75 Å². The second kappa shape index (κ2) is 7.89. The van der Waals surface area contributed by atoms with Gasteiger partial charge in [0, 0.05) is 30.4 Å². The van der Waals surface area contributed by atoms with Crippen LogP contribution in [0.15, 0.2) is 24.3 Å². The Morgan fingerprint density at radius 3 is 2.78 bits per heavy atom. The smallest absolute Gasteiger partial charge is 0.341 e. The number of amides is 1. The molecule has 1 aliphatic carbocycles. The lowest BCUT2D eigenvalue weighted by molar-refractivity contribution is -0.153. The summed E-state index contributed by atoms with van der Waals surface area (Å²) in [4.78, 5) is 22.8. The van der Waals surface area contributed by atoms with E-state index in [0.717, 1.165) is 24.8 Å². The number of rotatable bonds is 5. The van der Waals surface area contributed by atoms with E-state index in [2.05, 4.69) is 19.2 Å². The number of para-hydroxylation sites is 1. The molecule has 0 unspecified atom stereocenters. The van der Waals surface area contributed by atoms with Crippen LogP contribution < -0.4 is 10.1 Å². The molecular formula is C21H29NO5. The van der Waals surface area contributed by atoms with E-state index in [1.807, 2.05) is 18.2 Å². The summed E-state index contributed by atoms with van der Waals surface area (Å²) in [6.07, 6.45) is 3.59. The highest BCUT2D eigenvalue weighted by atomic mass is 16.5. The summed E-state index contributed by atoms with van der Waals surface area (Å²) in [5, 5.41) is 12.1. The van der Waals surface area contributed by atoms with E-state index in [0.29, 0.717) is 18.1 Å². The van der Waals surface area contributed by atoms with Crippen LogP contribution in [0.2, 0.25) is 0 Å². The van der Waals surface area contributed by atoms with Crippen molar-refractivity contribution < 1.29 is 24.2 Å². The minimum absolute atomic E-state index is 0.0362. The van der Waals surface area contributed by atoms with E-state index in [4.69, 9.17) is 14.6 Å². The average molecular weight is 375 g/mol. The van der Waals surface area contributed by atoms with Crippen molar-refractivity contribution in [2.75, 3.05) is 6.61 Å². The number of carboxylic acid groups (broad SMARTS) is 1. The number of ether oxygens (including phenoxy) is 2. The average Bonchev–Trinajstić information content (AvgIpc) is 2.58. The Bertz CT molecular complexity index is 706. The normalized spacial score (nSPS) is 33.0. The zero-order valence-corrected chi connectivity index (χ0v) is 16.2. The first-order chi connectivity index (χ1) is 12.8. The number of benzene rings is 1. The summed E-state index contributed by atoms with van der Waals surface area (Å²) >= 11 is 0. The van der Waals surface area contributed by atoms with Crippen molar-refractivity contribution >= 4 is 11.9 Å². The molecule has 1 saturated heterocycles. The number of hydrogen-bond acceptors (Lipinski definition) is 4. The van der Waals surface area contributed by atoms with E-state index < -0.39 is 12.6 Å². The molecule has 0 bridgehead atoms. The first-order valence-electron chi connectivity index (χ1n) is 9.66. The quantitative estimate of drug-likeness (QED) is 0.825. The first kappa shape index (κ1) is 19.7. The lowest BCUT2D eigenvalue weighted by Gasteiger charge is -2.52. The van der Waals surface area contributed by atoms with Gasteiger partial charge >= 0.3 is 5.97 Å². The fourth-order valence-corrected chi connectivity index (χ4v) is 4.75. The van der Waals surface area contributed by atoms with Gasteiger partial charge in [0.1, 0.15) is 5.75 Å². The van der Waals surface area contributed by atoms with Crippen molar-refractivity contribution in [2.24, 2.45) is 11.8 Å². The zero-order valence-electron chi connectivity index (χ0n) is 16.2. The molecule has 27 heavy (non-hydrogen) atoms. The van der Waals surface area contributed by atoms with Crippen LogP contribution in [0.3, 0.4) is 0 Å². The second-order valence-electron chi connectivity index (χ2n) is 8.21. The van der Waals surface area contributed by atoms with Gasteiger partial charge in [0.15, 0.2) is 6.61 Å². The van der Waals surface area contributed by atoms with Gasteiger partial charge in [-0.1, -0.05) is 31.5 Å². The van der Waals surface area contributed by atoms with E-state index >= 15 is 0 Å². The Balaban J connectivity index is 1.90. The van der Waals surface area contributed by atoms with Crippen LogP contribution in [-0.2, 0) is 14.3 Å². The largest absolute Gasteiger partial charge is 0.482 e. The molecule has 6 nitrogen and oxygen atoms in total. The maximum Gasteiger partial charge on any atom is 0.341 e. The van der Waals surface area contributed by atoms with Gasteiger partial charge in [0.25, 0.3) is 0 Å². The maximum atomic E-state index is 11.9. The van der Waals surface area contributed by atoms with Crippen LogP contribution in [0.5, 0.6) is 5.75 Å². The van der Waals surface area contributed by atoms with Gasteiger partial charge in [-0.2, -0.15) is 0 Å². The molecule has 1 aromatic carbocycles. The van der Waals surface area contributed by atoms with Crippen LogP contribution >= 0.6 is 0 Å². The second-order valence-corrected chi connectivity index (χ2v) is 8.21. The van der Waals surface area contributed by atoms with Crippen molar-refractivity contribution in [1.82, 2.24) is 5.32 Å². The third-order valence-corrected chi connectivity index (χ3v) is 5.90. The van der Waals surface area contributed by atoms with Gasteiger partial charge in [-0.15, -0.1) is 0 Å². The van der Waals surface area contributed by atoms with Crippen molar-refractivity contribution in [3.05, 3.63) is 29.8 Å². The molecule has 3 rings (SSSR count). The van der Waals surface area contributed by atoms with Gasteiger partial charge in [-0.3, -0.25) is 4.79 Å². The topological polar surface area (TPSA) is 84.9 Å². The molecule has 2 fully saturated rings. The van der Waals surface area contributed by atoms with E-state index in [1.165, 1.54) is 0 Å². The third kappa shape index (κ3) is 4.43. The molecule has 0 radical (unpaired) electrons. The van der Waals surface area contributed by atoms with Gasteiger partial charge < -0.3 is 19.9 Å². The molecule has 1 aliphatic heterocycles. The van der Waals surface area contributed by atoms with Crippen molar-refractivity contribution in [1.29, 1.82) is 0 Å². The van der Waals surface area contributed by atoms with Gasteiger partial charge in [0.2, 0.25) is 5.91 Å². The van der Waals surface area contributed by atoms with Crippen molar-refractivity contribution in [3.63, 3.8) is 0 Å². The fourth-order valence-electron chi connectivity index (χ4n) is 4.75. The Morgan fingerprint density at radius 1 is 1.33 bits per heavy atom. The summed E-state index contributed by atoms with van der Waals surface area (Å²) in [5.41, 5.74) is 0.478. The molecule has 2 aliphatic rings. The Kier molecular flexibility index (Phi) is 5.75. The summed E-state index contributed by atoms with van der Waals surface area (Å²) in [6, 6.07) is 7.41. The lowest BCUT2D eigenvalue weighted by atomic mass is 9.66. The lowest BCUT2D eigenvalue weighted by Crippen LogP contribution is -2.60. The van der Waals surface area contributed by atoms with E-state index in [1.54, 1.807) is 13.0 Å². The summed E-state index contributed by atoms with van der Waals surface area (Å²) in [6.45, 7) is 5.51. The number of carboxylic acids is 1. The van der Waals surface area contributed by atoms with Crippen LogP contribution in [0.4, 0.5) is 0 Å². The van der Waals surface area contributed by atoms with Crippen LogP contribution in [0.25, 0.3) is 0 Å². The highest BCUT2D eigenvalue weighted by Gasteiger charge is 2.49. The number of aliphatic carboxylic acids is 1. The molecule has 6 heteroatoms. The highest BCUT2D eigenvalue weighted by Crippen LogP contribution is 2.49. The molecule has 0 spiro atoms. The predicted molar refractivity (Wildman–Crippen MR) is 101 cm³/mol.